The average Bonchev–Trinajstić information content (AvgIpc) is 2.65. The Morgan fingerprint density at radius 2 is 1.57 bits per heavy atom. The molecule has 6 atom stereocenters. The van der Waals surface area contributed by atoms with Crippen LogP contribution in [-0.4, -0.2) is 11.2 Å². The van der Waals surface area contributed by atoms with E-state index in [1.165, 1.54) is 38.5 Å². The lowest BCUT2D eigenvalue weighted by Crippen LogP contribution is -2.59. The van der Waals surface area contributed by atoms with Gasteiger partial charge in [-0.05, 0) is 78.4 Å². The summed E-state index contributed by atoms with van der Waals surface area (Å²) in [4.78, 5) is 0. The Labute approximate surface area is 130 Å². The lowest BCUT2D eigenvalue weighted by molar-refractivity contribution is -0.176. The van der Waals surface area contributed by atoms with Crippen LogP contribution in [-0.2, 0) is 0 Å². The summed E-state index contributed by atoms with van der Waals surface area (Å²) in [6.07, 6.45) is 14.2. The molecule has 0 aliphatic heterocycles. The fraction of sp³-hybridized carbons (Fsp3) is 0.900. The van der Waals surface area contributed by atoms with E-state index in [1.54, 1.807) is 0 Å². The van der Waals surface area contributed by atoms with Crippen LogP contribution in [0, 0.1) is 33.5 Å². The molecule has 0 aromatic rings. The number of aliphatic hydroxyl groups is 1. The van der Waals surface area contributed by atoms with Crippen molar-refractivity contribution in [2.75, 3.05) is 0 Å². The number of allylic oxidation sites excluding steroid dienone is 2. The van der Waals surface area contributed by atoms with Crippen LogP contribution in [0.2, 0.25) is 0 Å². The fourth-order valence-corrected chi connectivity index (χ4v) is 7.35. The van der Waals surface area contributed by atoms with Gasteiger partial charge in [0, 0.05) is 0 Å². The topological polar surface area (TPSA) is 20.2 Å². The Morgan fingerprint density at radius 1 is 0.857 bits per heavy atom. The highest BCUT2D eigenvalue weighted by molar-refractivity contribution is 5.25. The van der Waals surface area contributed by atoms with Gasteiger partial charge in [0.1, 0.15) is 0 Å². The molecule has 0 amide bonds. The molecule has 1 N–H and O–H groups in total. The molecule has 2 bridgehead atoms. The van der Waals surface area contributed by atoms with Crippen molar-refractivity contribution < 1.29 is 5.11 Å². The molecule has 3 fully saturated rings. The third kappa shape index (κ3) is 1.68. The zero-order valence-electron chi connectivity index (χ0n) is 14.3. The largest absolute Gasteiger partial charge is 0.393 e. The molecule has 118 valence electrons. The first-order valence-electron chi connectivity index (χ1n) is 9.10. The van der Waals surface area contributed by atoms with E-state index in [-0.39, 0.29) is 11.5 Å². The van der Waals surface area contributed by atoms with Gasteiger partial charge in [-0.1, -0.05) is 39.8 Å². The molecule has 21 heavy (non-hydrogen) atoms. The maximum Gasteiger partial charge on any atom is 0.0594 e. The molecular weight excluding hydrogens is 256 g/mol. The molecule has 0 saturated heterocycles. The van der Waals surface area contributed by atoms with E-state index >= 15 is 0 Å². The Balaban J connectivity index is 1.74. The molecule has 0 aromatic heterocycles. The molecule has 1 nitrogen and oxygen atoms in total. The molecule has 0 aromatic carbocycles. The zero-order chi connectivity index (χ0) is 15.1. The summed E-state index contributed by atoms with van der Waals surface area (Å²) in [5, 5.41) is 10.5. The van der Waals surface area contributed by atoms with Gasteiger partial charge in [0.15, 0.2) is 0 Å². The fourth-order valence-electron chi connectivity index (χ4n) is 7.35. The quantitative estimate of drug-likeness (QED) is 0.626. The highest BCUT2D eigenvalue weighted by Crippen LogP contribution is 2.71. The van der Waals surface area contributed by atoms with Gasteiger partial charge in [-0.2, -0.15) is 0 Å². The molecule has 1 heteroatoms. The number of aliphatic hydroxyl groups excluding tert-OH is 1. The van der Waals surface area contributed by atoms with Crippen LogP contribution in [0.4, 0.5) is 0 Å². The second-order valence-electron chi connectivity index (χ2n) is 9.96. The first-order valence-corrected chi connectivity index (χ1v) is 9.10. The van der Waals surface area contributed by atoms with Crippen LogP contribution < -0.4 is 0 Å². The first kappa shape index (κ1) is 14.3. The minimum Gasteiger partial charge on any atom is -0.393 e. The molecular formula is C20H32O. The summed E-state index contributed by atoms with van der Waals surface area (Å²) in [6.45, 7) is 9.70. The van der Waals surface area contributed by atoms with Crippen molar-refractivity contribution in [1.29, 1.82) is 0 Å². The van der Waals surface area contributed by atoms with Gasteiger partial charge in [0.25, 0.3) is 0 Å². The average molecular weight is 288 g/mol. The van der Waals surface area contributed by atoms with Gasteiger partial charge in [-0.15, -0.1) is 0 Å². The second-order valence-corrected chi connectivity index (χ2v) is 9.96. The van der Waals surface area contributed by atoms with Crippen molar-refractivity contribution in [2.45, 2.75) is 78.7 Å². The number of hydrogen-bond acceptors (Lipinski definition) is 1. The summed E-state index contributed by atoms with van der Waals surface area (Å²) in [7, 11) is 0. The van der Waals surface area contributed by atoms with Crippen LogP contribution in [0.1, 0.15) is 72.6 Å². The van der Waals surface area contributed by atoms with Crippen molar-refractivity contribution in [3.63, 3.8) is 0 Å². The van der Waals surface area contributed by atoms with Crippen molar-refractivity contribution in [1.82, 2.24) is 0 Å². The van der Waals surface area contributed by atoms with Crippen LogP contribution in [0.15, 0.2) is 12.2 Å². The van der Waals surface area contributed by atoms with E-state index in [9.17, 15) is 5.11 Å². The van der Waals surface area contributed by atoms with Gasteiger partial charge in [-0.25, -0.2) is 0 Å². The van der Waals surface area contributed by atoms with Crippen LogP contribution >= 0.6 is 0 Å². The number of rotatable bonds is 0. The van der Waals surface area contributed by atoms with E-state index in [0.29, 0.717) is 22.2 Å². The van der Waals surface area contributed by atoms with Crippen molar-refractivity contribution in [3.8, 4) is 0 Å². The zero-order valence-corrected chi connectivity index (χ0v) is 14.3. The van der Waals surface area contributed by atoms with E-state index in [1.807, 2.05) is 0 Å². The summed E-state index contributed by atoms with van der Waals surface area (Å²) < 4.78 is 0. The molecule has 1 spiro atoms. The van der Waals surface area contributed by atoms with Crippen LogP contribution in [0.25, 0.3) is 0 Å². The Morgan fingerprint density at radius 3 is 2.33 bits per heavy atom. The standard InChI is InChI=1S/C20H32O/c1-17(2)14-6-10-20-12-11-18(3,13-20)8-5-15(20)19(14,4)9-7-16(17)21/h11-12,14-16,21H,5-10,13H2,1-4H3/t14-,15-,16+,18-,19+,20+/m1/s1. The van der Waals surface area contributed by atoms with Gasteiger partial charge < -0.3 is 5.11 Å². The van der Waals surface area contributed by atoms with Gasteiger partial charge in [-0.3, -0.25) is 0 Å². The summed E-state index contributed by atoms with van der Waals surface area (Å²) in [6, 6.07) is 0. The molecule has 4 rings (SSSR count). The summed E-state index contributed by atoms with van der Waals surface area (Å²) in [5.41, 5.74) is 1.52. The van der Waals surface area contributed by atoms with Crippen LogP contribution in [0.3, 0.4) is 0 Å². The van der Waals surface area contributed by atoms with Gasteiger partial charge in [0.05, 0.1) is 6.10 Å². The van der Waals surface area contributed by atoms with Crippen molar-refractivity contribution in [2.24, 2.45) is 33.5 Å². The maximum atomic E-state index is 10.5. The molecule has 4 aliphatic rings. The van der Waals surface area contributed by atoms with E-state index < -0.39 is 0 Å². The molecule has 0 unspecified atom stereocenters. The molecule has 3 saturated carbocycles. The normalized spacial score (nSPS) is 57.7. The Hall–Kier alpha value is -0.300. The Kier molecular flexibility index (Phi) is 2.70. The van der Waals surface area contributed by atoms with Crippen LogP contribution in [0.5, 0.6) is 0 Å². The summed E-state index contributed by atoms with van der Waals surface area (Å²) >= 11 is 0. The molecule has 0 radical (unpaired) electrons. The molecule has 4 aliphatic carbocycles. The van der Waals surface area contributed by atoms with Crippen molar-refractivity contribution in [3.05, 3.63) is 12.2 Å². The van der Waals surface area contributed by atoms with E-state index in [4.69, 9.17) is 0 Å². The lowest BCUT2D eigenvalue weighted by atomic mass is 9.40. The van der Waals surface area contributed by atoms with E-state index in [0.717, 1.165) is 12.3 Å². The predicted octanol–water partition coefficient (Wildman–Crippen LogP) is 4.95. The first-order chi connectivity index (χ1) is 9.72. The third-order valence-electron chi connectivity index (χ3n) is 8.45. The SMILES string of the molecule is CC1(C)[C@H]2CC[C@@]34C=C[C@@](C)(CC[C@@H]3[C@@]2(C)CC[C@@H]1O)C4. The lowest BCUT2D eigenvalue weighted by Gasteiger charge is -2.65. The predicted molar refractivity (Wildman–Crippen MR) is 86.9 cm³/mol. The van der Waals surface area contributed by atoms with Gasteiger partial charge >= 0.3 is 0 Å². The third-order valence-corrected chi connectivity index (χ3v) is 8.45. The smallest absolute Gasteiger partial charge is 0.0594 e. The highest BCUT2D eigenvalue weighted by atomic mass is 16.3. The van der Waals surface area contributed by atoms with Crippen molar-refractivity contribution >= 4 is 0 Å². The maximum absolute atomic E-state index is 10.5. The summed E-state index contributed by atoms with van der Waals surface area (Å²) in [5.74, 6) is 1.55. The number of fused-ring (bicyclic) bond motifs is 3. The minimum absolute atomic E-state index is 0.0949. The molecule has 0 heterocycles. The minimum atomic E-state index is -0.0994. The number of hydrogen-bond donors (Lipinski definition) is 1. The van der Waals surface area contributed by atoms with E-state index in [2.05, 4.69) is 39.8 Å². The Bertz CT molecular complexity index is 492. The van der Waals surface area contributed by atoms with Gasteiger partial charge in [0.2, 0.25) is 0 Å². The monoisotopic (exact) mass is 288 g/mol. The second kappa shape index (κ2) is 3.96. The highest BCUT2D eigenvalue weighted by Gasteiger charge is 2.64.